The highest BCUT2D eigenvalue weighted by atomic mass is 35.6. The Kier molecular flexibility index (Phi) is 4.11. The van der Waals surface area contributed by atoms with Crippen LogP contribution in [0.25, 0.3) is 0 Å². The lowest BCUT2D eigenvalue weighted by molar-refractivity contribution is 0.475. The van der Waals surface area contributed by atoms with Crippen molar-refractivity contribution in [2.75, 3.05) is 0 Å². The molecule has 0 radical (unpaired) electrons. The van der Waals surface area contributed by atoms with Gasteiger partial charge in [-0.15, -0.1) is 0 Å². The van der Waals surface area contributed by atoms with Gasteiger partial charge >= 0.3 is 0 Å². The average molecular weight is 252 g/mol. The van der Waals surface area contributed by atoms with Gasteiger partial charge in [0.1, 0.15) is 5.75 Å². The van der Waals surface area contributed by atoms with Crippen molar-refractivity contribution in [3.05, 3.63) is 42.0 Å². The smallest absolute Gasteiger partial charge is 0.209 e. The minimum Gasteiger partial charge on any atom is -0.508 e. The Morgan fingerprint density at radius 1 is 1.14 bits per heavy atom. The van der Waals surface area contributed by atoms with E-state index >= 15 is 0 Å². The first kappa shape index (κ1) is 11.7. The lowest BCUT2D eigenvalue weighted by Gasteiger charge is -2.02. The third-order valence-electron chi connectivity index (χ3n) is 1.60. The predicted molar refractivity (Wildman–Crippen MR) is 61.2 cm³/mol. The molecular weight excluding hydrogens is 242 g/mol. The zero-order chi connectivity index (χ0) is 10.6. The van der Waals surface area contributed by atoms with Crippen LogP contribution in [0, 0.1) is 0 Å². The number of rotatable bonds is 2. The van der Waals surface area contributed by atoms with E-state index in [1.807, 2.05) is 12.1 Å². The standard InChI is InChI=1S/C10H9Cl3O/c11-10(12,13)7-1-2-8-3-5-9(14)6-4-8/h1,3-7,14H,2H2. The van der Waals surface area contributed by atoms with Gasteiger partial charge in [-0.3, -0.25) is 0 Å². The number of hydrogen-bond acceptors (Lipinski definition) is 1. The molecule has 1 rings (SSSR count). The summed E-state index contributed by atoms with van der Waals surface area (Å²) in [6.07, 6.45) is 3.96. The van der Waals surface area contributed by atoms with Crippen LogP contribution in [0.1, 0.15) is 5.56 Å². The van der Waals surface area contributed by atoms with Gasteiger partial charge in [-0.2, -0.15) is 0 Å². The van der Waals surface area contributed by atoms with Crippen molar-refractivity contribution < 1.29 is 5.11 Å². The third kappa shape index (κ3) is 4.75. The van der Waals surface area contributed by atoms with Crippen molar-refractivity contribution >= 4 is 34.8 Å². The molecule has 0 amide bonds. The molecule has 0 aromatic heterocycles. The average Bonchev–Trinajstić information content (AvgIpc) is 2.06. The van der Waals surface area contributed by atoms with Crippen LogP contribution in [0.15, 0.2) is 36.4 Å². The Balaban J connectivity index is 2.54. The number of benzene rings is 1. The van der Waals surface area contributed by atoms with Gasteiger partial charge < -0.3 is 5.11 Å². The van der Waals surface area contributed by atoms with E-state index in [1.165, 1.54) is 6.08 Å². The van der Waals surface area contributed by atoms with Crippen LogP contribution < -0.4 is 0 Å². The second-order valence-electron chi connectivity index (χ2n) is 2.81. The van der Waals surface area contributed by atoms with Crippen molar-refractivity contribution in [2.24, 2.45) is 0 Å². The minimum atomic E-state index is -1.34. The van der Waals surface area contributed by atoms with Crippen molar-refractivity contribution in [3.63, 3.8) is 0 Å². The molecule has 1 N–H and O–H groups in total. The molecule has 0 aliphatic carbocycles. The van der Waals surface area contributed by atoms with Crippen LogP contribution in [0.5, 0.6) is 5.75 Å². The number of aromatic hydroxyl groups is 1. The molecule has 1 aromatic carbocycles. The maximum Gasteiger partial charge on any atom is 0.209 e. The molecule has 0 heterocycles. The third-order valence-corrected chi connectivity index (χ3v) is 1.97. The first-order chi connectivity index (χ1) is 6.47. The number of phenolic OH excluding ortho intramolecular Hbond substituents is 1. The van der Waals surface area contributed by atoms with Gasteiger partial charge in [-0.1, -0.05) is 53.0 Å². The Morgan fingerprint density at radius 3 is 2.21 bits per heavy atom. The lowest BCUT2D eigenvalue weighted by atomic mass is 10.1. The maximum absolute atomic E-state index is 9.03. The highest BCUT2D eigenvalue weighted by Crippen LogP contribution is 2.27. The molecule has 1 aromatic rings. The molecule has 0 fully saturated rings. The molecular formula is C10H9Cl3O. The van der Waals surface area contributed by atoms with Crippen LogP contribution in [0.4, 0.5) is 0 Å². The summed E-state index contributed by atoms with van der Waals surface area (Å²) in [7, 11) is 0. The van der Waals surface area contributed by atoms with E-state index in [4.69, 9.17) is 39.9 Å². The second kappa shape index (κ2) is 4.92. The number of allylic oxidation sites excluding steroid dienone is 2. The minimum absolute atomic E-state index is 0.249. The van der Waals surface area contributed by atoms with E-state index in [1.54, 1.807) is 18.2 Å². The van der Waals surface area contributed by atoms with Crippen molar-refractivity contribution in [1.82, 2.24) is 0 Å². The first-order valence-electron chi connectivity index (χ1n) is 4.00. The Hall–Kier alpha value is -0.370. The van der Waals surface area contributed by atoms with Crippen LogP contribution in [-0.4, -0.2) is 8.90 Å². The summed E-state index contributed by atoms with van der Waals surface area (Å²) >= 11 is 16.6. The van der Waals surface area contributed by atoms with Crippen molar-refractivity contribution in [1.29, 1.82) is 0 Å². The zero-order valence-electron chi connectivity index (χ0n) is 7.25. The van der Waals surface area contributed by atoms with Gasteiger partial charge in [-0.25, -0.2) is 0 Å². The quantitative estimate of drug-likeness (QED) is 0.625. The van der Waals surface area contributed by atoms with E-state index in [-0.39, 0.29) is 5.75 Å². The Morgan fingerprint density at radius 2 is 1.71 bits per heavy atom. The first-order valence-corrected chi connectivity index (χ1v) is 5.13. The van der Waals surface area contributed by atoms with Gasteiger partial charge in [0, 0.05) is 0 Å². The molecule has 0 spiro atoms. The maximum atomic E-state index is 9.03. The Bertz CT molecular complexity index is 311. The molecule has 14 heavy (non-hydrogen) atoms. The summed E-state index contributed by atoms with van der Waals surface area (Å²) in [6, 6.07) is 6.88. The van der Waals surface area contributed by atoms with E-state index in [0.29, 0.717) is 6.42 Å². The van der Waals surface area contributed by atoms with Gasteiger partial charge in [-0.05, 0) is 30.2 Å². The number of alkyl halides is 3. The Labute approximate surface area is 97.9 Å². The van der Waals surface area contributed by atoms with Crippen molar-refractivity contribution in [3.8, 4) is 5.75 Å². The summed E-state index contributed by atoms with van der Waals surface area (Å²) in [5, 5.41) is 9.03. The van der Waals surface area contributed by atoms with Gasteiger partial charge in [0.25, 0.3) is 0 Å². The number of halogens is 3. The summed E-state index contributed by atoms with van der Waals surface area (Å²) in [6.45, 7) is 0. The van der Waals surface area contributed by atoms with Crippen LogP contribution >= 0.6 is 34.8 Å². The molecule has 0 unspecified atom stereocenters. The number of phenols is 1. The van der Waals surface area contributed by atoms with E-state index < -0.39 is 3.79 Å². The SMILES string of the molecule is Oc1ccc(CC=CC(Cl)(Cl)Cl)cc1. The molecule has 1 nitrogen and oxygen atoms in total. The van der Waals surface area contributed by atoms with E-state index in [9.17, 15) is 0 Å². The molecule has 0 atom stereocenters. The summed E-state index contributed by atoms with van der Waals surface area (Å²) in [5.74, 6) is 0.249. The lowest BCUT2D eigenvalue weighted by Crippen LogP contribution is -1.94. The fraction of sp³-hybridized carbons (Fsp3) is 0.200. The summed E-state index contributed by atoms with van der Waals surface area (Å²) in [5.41, 5.74) is 1.05. The second-order valence-corrected chi connectivity index (χ2v) is 5.18. The fourth-order valence-electron chi connectivity index (χ4n) is 0.961. The topological polar surface area (TPSA) is 20.2 Å². The largest absolute Gasteiger partial charge is 0.508 e. The molecule has 4 heteroatoms. The van der Waals surface area contributed by atoms with Crippen LogP contribution in [0.2, 0.25) is 0 Å². The molecule has 0 saturated carbocycles. The molecule has 0 bridgehead atoms. The fourth-order valence-corrected chi connectivity index (χ4v) is 1.23. The molecule has 76 valence electrons. The highest BCUT2D eigenvalue weighted by molar-refractivity contribution is 6.68. The molecule has 0 saturated heterocycles. The van der Waals surface area contributed by atoms with Crippen LogP contribution in [-0.2, 0) is 6.42 Å². The van der Waals surface area contributed by atoms with Crippen LogP contribution in [0.3, 0.4) is 0 Å². The summed E-state index contributed by atoms with van der Waals surface area (Å²) < 4.78 is -1.34. The van der Waals surface area contributed by atoms with E-state index in [2.05, 4.69) is 0 Å². The summed E-state index contributed by atoms with van der Waals surface area (Å²) in [4.78, 5) is 0. The van der Waals surface area contributed by atoms with E-state index in [0.717, 1.165) is 5.56 Å². The molecule has 0 aliphatic rings. The monoisotopic (exact) mass is 250 g/mol. The molecule has 0 aliphatic heterocycles. The normalized spacial score (nSPS) is 12.2. The van der Waals surface area contributed by atoms with Crippen molar-refractivity contribution in [2.45, 2.75) is 10.2 Å². The number of hydrogen-bond donors (Lipinski definition) is 1. The predicted octanol–water partition coefficient (Wildman–Crippen LogP) is 3.86. The van der Waals surface area contributed by atoms with Gasteiger partial charge in [0.05, 0.1) is 0 Å². The van der Waals surface area contributed by atoms with Gasteiger partial charge in [0.15, 0.2) is 0 Å². The highest BCUT2D eigenvalue weighted by Gasteiger charge is 2.13. The van der Waals surface area contributed by atoms with Gasteiger partial charge in [0.2, 0.25) is 3.79 Å². The zero-order valence-corrected chi connectivity index (χ0v) is 9.52.